The van der Waals surface area contributed by atoms with Gasteiger partial charge < -0.3 is 19.5 Å². The van der Waals surface area contributed by atoms with Crippen LogP contribution in [0.3, 0.4) is 0 Å². The number of benzene rings is 4. The van der Waals surface area contributed by atoms with Crippen molar-refractivity contribution in [1.82, 2.24) is 0 Å². The molecule has 0 aromatic heterocycles. The summed E-state index contributed by atoms with van der Waals surface area (Å²) in [6.07, 6.45) is 1.34. The number of esters is 1. The van der Waals surface area contributed by atoms with Crippen LogP contribution in [-0.2, 0) is 4.79 Å². The standard InChI is InChI=1S/C30H23N3O7/c1-3-39-28-16-19(11-14-26(28)40-30(35)24-10-6-8-20-7-4-5-9-23(20)24)15-21(18-31)29(34)32-25-13-12-22(33(36)37)17-27(25)38-2/h4-17H,3H2,1-2H3,(H,32,34)/b21-15+. The normalized spacial score (nSPS) is 10.9. The van der Waals surface area contributed by atoms with Gasteiger partial charge in [-0.15, -0.1) is 0 Å². The van der Waals surface area contributed by atoms with Gasteiger partial charge in [-0.2, -0.15) is 5.26 Å². The fourth-order valence-electron chi connectivity index (χ4n) is 3.93. The van der Waals surface area contributed by atoms with Gasteiger partial charge in [0.1, 0.15) is 17.4 Å². The Labute approximate surface area is 229 Å². The number of nitriles is 1. The molecular weight excluding hydrogens is 514 g/mol. The molecule has 10 nitrogen and oxygen atoms in total. The zero-order valence-corrected chi connectivity index (χ0v) is 21.5. The van der Waals surface area contributed by atoms with Crippen molar-refractivity contribution in [3.63, 3.8) is 0 Å². The summed E-state index contributed by atoms with van der Waals surface area (Å²) in [4.78, 5) is 36.3. The highest BCUT2D eigenvalue weighted by Gasteiger charge is 2.18. The van der Waals surface area contributed by atoms with Crippen LogP contribution in [0, 0.1) is 21.4 Å². The molecule has 0 aliphatic rings. The fraction of sp³-hybridized carbons (Fsp3) is 0.100. The summed E-state index contributed by atoms with van der Waals surface area (Å²) in [6.45, 7) is 2.04. The smallest absolute Gasteiger partial charge is 0.344 e. The molecule has 4 rings (SSSR count). The van der Waals surface area contributed by atoms with E-state index in [0.29, 0.717) is 11.1 Å². The molecule has 0 fully saturated rings. The number of nitro groups is 1. The van der Waals surface area contributed by atoms with E-state index in [2.05, 4.69) is 5.32 Å². The Balaban J connectivity index is 1.58. The van der Waals surface area contributed by atoms with Crippen LogP contribution in [0.25, 0.3) is 16.8 Å². The van der Waals surface area contributed by atoms with Gasteiger partial charge in [-0.3, -0.25) is 14.9 Å². The van der Waals surface area contributed by atoms with Gasteiger partial charge in [-0.1, -0.05) is 42.5 Å². The molecule has 1 amide bonds. The third kappa shape index (κ3) is 6.06. The summed E-state index contributed by atoms with van der Waals surface area (Å²) in [5.41, 5.74) is 0.536. The van der Waals surface area contributed by atoms with Gasteiger partial charge in [0.15, 0.2) is 11.5 Å². The van der Waals surface area contributed by atoms with Crippen molar-refractivity contribution in [3.8, 4) is 23.3 Å². The summed E-state index contributed by atoms with van der Waals surface area (Å²) in [5, 5.41) is 24.8. The number of methoxy groups -OCH3 is 1. The lowest BCUT2D eigenvalue weighted by Crippen LogP contribution is -2.14. The Morgan fingerprint density at radius 3 is 2.50 bits per heavy atom. The Morgan fingerprint density at radius 1 is 1.00 bits per heavy atom. The number of amides is 1. The van der Waals surface area contributed by atoms with Crippen molar-refractivity contribution >= 4 is 40.1 Å². The summed E-state index contributed by atoms with van der Waals surface area (Å²) >= 11 is 0. The molecule has 0 aliphatic carbocycles. The number of nitro benzene ring substituents is 1. The summed E-state index contributed by atoms with van der Waals surface area (Å²) in [5.74, 6) is -0.819. The van der Waals surface area contributed by atoms with Gasteiger partial charge in [0.25, 0.3) is 11.6 Å². The van der Waals surface area contributed by atoms with Gasteiger partial charge >= 0.3 is 5.97 Å². The largest absolute Gasteiger partial charge is 0.494 e. The topological polar surface area (TPSA) is 141 Å². The highest BCUT2D eigenvalue weighted by atomic mass is 16.6. The molecule has 10 heteroatoms. The lowest BCUT2D eigenvalue weighted by Gasteiger charge is -2.13. The highest BCUT2D eigenvalue weighted by molar-refractivity contribution is 6.10. The molecule has 0 saturated carbocycles. The third-order valence-corrected chi connectivity index (χ3v) is 5.80. The van der Waals surface area contributed by atoms with E-state index in [1.54, 1.807) is 31.2 Å². The molecule has 4 aromatic rings. The lowest BCUT2D eigenvalue weighted by molar-refractivity contribution is -0.384. The molecule has 0 atom stereocenters. The van der Waals surface area contributed by atoms with E-state index in [1.165, 1.54) is 31.4 Å². The van der Waals surface area contributed by atoms with Crippen molar-refractivity contribution in [2.24, 2.45) is 0 Å². The monoisotopic (exact) mass is 537 g/mol. The van der Waals surface area contributed by atoms with Gasteiger partial charge in [0, 0.05) is 6.07 Å². The maximum Gasteiger partial charge on any atom is 0.344 e. The molecule has 40 heavy (non-hydrogen) atoms. The second kappa shape index (κ2) is 12.2. The molecule has 0 saturated heterocycles. The quantitative estimate of drug-likeness (QED) is 0.0693. The molecule has 0 radical (unpaired) electrons. The van der Waals surface area contributed by atoms with Crippen LogP contribution in [0.1, 0.15) is 22.8 Å². The van der Waals surface area contributed by atoms with Gasteiger partial charge in [-0.25, -0.2) is 4.79 Å². The number of hydrogen-bond donors (Lipinski definition) is 1. The van der Waals surface area contributed by atoms with Gasteiger partial charge in [0.05, 0.1) is 36.0 Å². The predicted molar refractivity (Wildman–Crippen MR) is 148 cm³/mol. The Hall–Kier alpha value is -5.69. The number of non-ortho nitro benzene ring substituents is 1. The van der Waals surface area contributed by atoms with E-state index < -0.39 is 16.8 Å². The van der Waals surface area contributed by atoms with Crippen LogP contribution in [0.5, 0.6) is 17.2 Å². The molecule has 200 valence electrons. The molecule has 0 spiro atoms. The van der Waals surface area contributed by atoms with E-state index in [1.807, 2.05) is 36.4 Å². The van der Waals surface area contributed by atoms with Gasteiger partial charge in [-0.05, 0) is 53.6 Å². The third-order valence-electron chi connectivity index (χ3n) is 5.80. The van der Waals surface area contributed by atoms with Crippen molar-refractivity contribution < 1.29 is 28.7 Å². The average Bonchev–Trinajstić information content (AvgIpc) is 2.96. The summed E-state index contributed by atoms with van der Waals surface area (Å²) in [7, 11) is 1.31. The molecule has 0 aliphatic heterocycles. The van der Waals surface area contributed by atoms with Crippen molar-refractivity contribution in [1.29, 1.82) is 5.26 Å². The van der Waals surface area contributed by atoms with E-state index in [0.717, 1.165) is 16.8 Å². The minimum atomic E-state index is -0.751. The van der Waals surface area contributed by atoms with Crippen LogP contribution >= 0.6 is 0 Å². The number of nitrogens with zero attached hydrogens (tertiary/aromatic N) is 2. The van der Waals surface area contributed by atoms with Crippen LogP contribution in [0.15, 0.2) is 84.4 Å². The van der Waals surface area contributed by atoms with E-state index in [9.17, 15) is 25.0 Å². The van der Waals surface area contributed by atoms with Crippen LogP contribution in [-0.4, -0.2) is 30.5 Å². The number of nitrogens with one attached hydrogen (secondary N) is 1. The first-order valence-electron chi connectivity index (χ1n) is 12.1. The Morgan fingerprint density at radius 2 is 1.77 bits per heavy atom. The zero-order valence-electron chi connectivity index (χ0n) is 21.5. The number of carbonyl (C=O) groups is 2. The van der Waals surface area contributed by atoms with E-state index in [4.69, 9.17) is 14.2 Å². The van der Waals surface area contributed by atoms with Crippen molar-refractivity contribution in [2.75, 3.05) is 19.0 Å². The first kappa shape index (κ1) is 27.3. The average molecular weight is 538 g/mol. The number of ether oxygens (including phenoxy) is 3. The van der Waals surface area contributed by atoms with Crippen LogP contribution in [0.4, 0.5) is 11.4 Å². The van der Waals surface area contributed by atoms with Crippen LogP contribution in [0.2, 0.25) is 0 Å². The minimum absolute atomic E-state index is 0.0656. The lowest BCUT2D eigenvalue weighted by atomic mass is 10.0. The molecular formula is C30H23N3O7. The van der Waals surface area contributed by atoms with Crippen LogP contribution < -0.4 is 19.5 Å². The summed E-state index contributed by atoms with van der Waals surface area (Å²) < 4.78 is 16.5. The second-order valence-corrected chi connectivity index (χ2v) is 8.32. The zero-order chi connectivity index (χ0) is 28.6. The molecule has 0 heterocycles. The number of carbonyl (C=O) groups excluding carboxylic acids is 2. The maximum atomic E-state index is 13.0. The predicted octanol–water partition coefficient (Wildman–Crippen LogP) is 5.92. The fourth-order valence-corrected chi connectivity index (χ4v) is 3.93. The maximum absolute atomic E-state index is 13.0. The number of rotatable bonds is 9. The van der Waals surface area contributed by atoms with Crippen molar-refractivity contribution in [2.45, 2.75) is 6.92 Å². The minimum Gasteiger partial charge on any atom is -0.494 e. The highest BCUT2D eigenvalue weighted by Crippen LogP contribution is 2.32. The van der Waals surface area contributed by atoms with E-state index in [-0.39, 0.29) is 40.8 Å². The Bertz CT molecular complexity index is 1680. The first-order valence-corrected chi connectivity index (χ1v) is 12.1. The molecule has 1 N–H and O–H groups in total. The SMILES string of the molecule is CCOc1cc(/C=C(\C#N)C(=O)Nc2ccc([N+](=O)[O-])cc2OC)ccc1OC(=O)c1cccc2ccccc12. The van der Waals surface area contributed by atoms with E-state index >= 15 is 0 Å². The molecule has 0 unspecified atom stereocenters. The number of hydrogen-bond acceptors (Lipinski definition) is 8. The van der Waals surface area contributed by atoms with Crippen molar-refractivity contribution in [3.05, 3.63) is 106 Å². The summed E-state index contributed by atoms with van der Waals surface area (Å²) in [6, 6.07) is 23.0. The number of anilines is 1. The first-order chi connectivity index (χ1) is 19.3. The Kier molecular flexibility index (Phi) is 8.37. The molecule has 4 aromatic carbocycles. The second-order valence-electron chi connectivity index (χ2n) is 8.32. The van der Waals surface area contributed by atoms with Gasteiger partial charge in [0.2, 0.25) is 0 Å². The molecule has 0 bridgehead atoms. The number of fused-ring (bicyclic) bond motifs is 1.